The summed E-state index contributed by atoms with van der Waals surface area (Å²) in [6, 6.07) is 7.93. The summed E-state index contributed by atoms with van der Waals surface area (Å²) < 4.78 is 28.4. The van der Waals surface area contributed by atoms with Gasteiger partial charge in [-0.1, -0.05) is 31.2 Å². The van der Waals surface area contributed by atoms with Gasteiger partial charge in [-0.25, -0.2) is 4.72 Å². The normalized spacial score (nSPS) is 17.7. The zero-order valence-corrected chi connectivity index (χ0v) is 12.6. The minimum absolute atomic E-state index is 0.273. The van der Waals surface area contributed by atoms with Crippen molar-refractivity contribution in [2.75, 3.05) is 13.1 Å². The summed E-state index contributed by atoms with van der Waals surface area (Å²) in [6.07, 6.45) is 1.38. The topological polar surface area (TPSA) is 69.6 Å². The third-order valence-electron chi connectivity index (χ3n) is 3.67. The van der Waals surface area contributed by atoms with E-state index < -0.39 is 16.3 Å². The quantitative estimate of drug-likeness (QED) is 0.824. The second kappa shape index (κ2) is 6.67. The van der Waals surface area contributed by atoms with Crippen molar-refractivity contribution in [2.45, 2.75) is 38.8 Å². The van der Waals surface area contributed by atoms with Crippen molar-refractivity contribution in [3.8, 4) is 0 Å². The molecular formula is C14H22N2O3S. The lowest BCUT2D eigenvalue weighted by molar-refractivity contribution is 0.161. The van der Waals surface area contributed by atoms with Gasteiger partial charge in [-0.05, 0) is 30.4 Å². The van der Waals surface area contributed by atoms with Gasteiger partial charge in [0.05, 0.1) is 6.10 Å². The summed E-state index contributed by atoms with van der Waals surface area (Å²) in [5, 5.41) is 9.45. The molecule has 1 heterocycles. The van der Waals surface area contributed by atoms with E-state index in [1.54, 1.807) is 0 Å². The monoisotopic (exact) mass is 298 g/mol. The van der Waals surface area contributed by atoms with Gasteiger partial charge in [0.2, 0.25) is 0 Å². The largest absolute Gasteiger partial charge is 0.393 e. The number of aliphatic hydroxyl groups is 1. The van der Waals surface area contributed by atoms with Gasteiger partial charge in [-0.2, -0.15) is 12.7 Å². The maximum Gasteiger partial charge on any atom is 0.279 e. The highest BCUT2D eigenvalue weighted by atomic mass is 32.2. The molecule has 0 fully saturated rings. The van der Waals surface area contributed by atoms with Crippen molar-refractivity contribution in [1.29, 1.82) is 0 Å². The first-order chi connectivity index (χ1) is 9.53. The van der Waals surface area contributed by atoms with Crippen molar-refractivity contribution in [1.82, 2.24) is 9.03 Å². The molecule has 0 spiro atoms. The first-order valence-corrected chi connectivity index (χ1v) is 8.46. The summed E-state index contributed by atoms with van der Waals surface area (Å²) in [5.41, 5.74) is 2.29. The third-order valence-corrected chi connectivity index (χ3v) is 5.23. The third kappa shape index (κ3) is 3.79. The number of hydrogen-bond acceptors (Lipinski definition) is 3. The lowest BCUT2D eigenvalue weighted by atomic mass is 10.0. The van der Waals surface area contributed by atoms with Crippen LogP contribution in [-0.4, -0.2) is 37.0 Å². The molecule has 5 nitrogen and oxygen atoms in total. The predicted molar refractivity (Wildman–Crippen MR) is 78.4 cm³/mol. The van der Waals surface area contributed by atoms with Crippen LogP contribution in [0.2, 0.25) is 0 Å². The summed E-state index contributed by atoms with van der Waals surface area (Å²) in [5.74, 6) is 0. The molecule has 2 N–H and O–H groups in total. The second-order valence-corrected chi connectivity index (χ2v) is 6.86. The van der Waals surface area contributed by atoms with Gasteiger partial charge in [0, 0.05) is 19.6 Å². The average molecular weight is 298 g/mol. The van der Waals surface area contributed by atoms with Crippen LogP contribution >= 0.6 is 0 Å². The lowest BCUT2D eigenvalue weighted by Crippen LogP contribution is -2.44. The van der Waals surface area contributed by atoms with Crippen molar-refractivity contribution < 1.29 is 13.5 Å². The van der Waals surface area contributed by atoms with Gasteiger partial charge in [0.1, 0.15) is 0 Å². The number of rotatable bonds is 6. The number of benzene rings is 1. The minimum Gasteiger partial charge on any atom is -0.393 e. The van der Waals surface area contributed by atoms with Crippen molar-refractivity contribution in [3.05, 3.63) is 35.4 Å². The summed E-state index contributed by atoms with van der Waals surface area (Å²) in [6.45, 7) is 3.07. The molecule has 112 valence electrons. The van der Waals surface area contributed by atoms with E-state index in [0.29, 0.717) is 25.9 Å². The second-order valence-electron chi connectivity index (χ2n) is 5.10. The van der Waals surface area contributed by atoms with Crippen LogP contribution in [0.15, 0.2) is 24.3 Å². The highest BCUT2D eigenvalue weighted by molar-refractivity contribution is 7.87. The molecule has 0 bridgehead atoms. The van der Waals surface area contributed by atoms with E-state index in [4.69, 9.17) is 0 Å². The molecule has 1 aliphatic rings. The Morgan fingerprint density at radius 1 is 1.35 bits per heavy atom. The maximum atomic E-state index is 12.2. The maximum absolute atomic E-state index is 12.2. The molecule has 0 saturated heterocycles. The van der Waals surface area contributed by atoms with E-state index in [9.17, 15) is 13.5 Å². The molecule has 0 radical (unpaired) electrons. The van der Waals surface area contributed by atoms with Gasteiger partial charge < -0.3 is 5.11 Å². The first kappa shape index (κ1) is 15.4. The smallest absolute Gasteiger partial charge is 0.279 e. The van der Waals surface area contributed by atoms with Crippen LogP contribution in [0.5, 0.6) is 0 Å². The van der Waals surface area contributed by atoms with Crippen molar-refractivity contribution in [3.63, 3.8) is 0 Å². The minimum atomic E-state index is -3.46. The van der Waals surface area contributed by atoms with Crippen LogP contribution in [0.4, 0.5) is 0 Å². The molecular weight excluding hydrogens is 276 g/mol. The van der Waals surface area contributed by atoms with E-state index in [1.807, 2.05) is 31.2 Å². The van der Waals surface area contributed by atoms with E-state index in [1.165, 1.54) is 9.87 Å². The molecule has 0 amide bonds. The van der Waals surface area contributed by atoms with E-state index in [0.717, 1.165) is 12.0 Å². The van der Waals surface area contributed by atoms with Gasteiger partial charge in [-0.15, -0.1) is 0 Å². The fourth-order valence-corrected chi connectivity index (χ4v) is 3.52. The predicted octanol–water partition coefficient (Wildman–Crippen LogP) is 1.04. The molecule has 2 rings (SSSR count). The van der Waals surface area contributed by atoms with Gasteiger partial charge in [0.15, 0.2) is 0 Å². The highest BCUT2D eigenvalue weighted by Crippen LogP contribution is 2.20. The number of fused-ring (bicyclic) bond motifs is 1. The number of nitrogens with zero attached hydrogens (tertiary/aromatic N) is 1. The van der Waals surface area contributed by atoms with Crippen LogP contribution in [0.3, 0.4) is 0 Å². The summed E-state index contributed by atoms with van der Waals surface area (Å²) in [4.78, 5) is 0. The Balaban J connectivity index is 1.94. The van der Waals surface area contributed by atoms with E-state index in [-0.39, 0.29) is 6.54 Å². The fourth-order valence-electron chi connectivity index (χ4n) is 2.32. The van der Waals surface area contributed by atoms with Crippen LogP contribution in [-0.2, 0) is 23.2 Å². The first-order valence-electron chi connectivity index (χ1n) is 7.02. The van der Waals surface area contributed by atoms with Crippen molar-refractivity contribution in [2.24, 2.45) is 0 Å². The number of hydrogen-bond donors (Lipinski definition) is 2. The Kier molecular flexibility index (Phi) is 5.15. The Morgan fingerprint density at radius 2 is 2.05 bits per heavy atom. The van der Waals surface area contributed by atoms with E-state index in [2.05, 4.69) is 4.72 Å². The van der Waals surface area contributed by atoms with Crippen LogP contribution < -0.4 is 4.72 Å². The van der Waals surface area contributed by atoms with Crippen LogP contribution in [0.25, 0.3) is 0 Å². The molecule has 1 aromatic carbocycles. The Bertz CT molecular complexity index is 545. The zero-order chi connectivity index (χ0) is 14.6. The Labute approximate surface area is 120 Å². The highest BCUT2D eigenvalue weighted by Gasteiger charge is 2.25. The molecule has 0 saturated carbocycles. The van der Waals surface area contributed by atoms with E-state index >= 15 is 0 Å². The number of aliphatic hydroxyl groups excluding tert-OH is 1. The molecule has 1 unspecified atom stereocenters. The van der Waals surface area contributed by atoms with Crippen LogP contribution in [0.1, 0.15) is 30.9 Å². The molecule has 6 heteroatoms. The number of nitrogens with one attached hydrogen (secondary N) is 1. The SMILES string of the molecule is CCC(O)CCNS(=O)(=O)N1CCc2ccccc2C1. The van der Waals surface area contributed by atoms with Crippen LogP contribution in [0, 0.1) is 0 Å². The standard InChI is InChI=1S/C14H22N2O3S/c1-2-14(17)7-9-15-20(18,19)16-10-8-12-5-3-4-6-13(12)11-16/h3-6,14-15,17H,2,7-11H2,1H3. The molecule has 1 aromatic rings. The Hall–Kier alpha value is -0.950. The van der Waals surface area contributed by atoms with Gasteiger partial charge in [0.25, 0.3) is 10.2 Å². The summed E-state index contributed by atoms with van der Waals surface area (Å²) in [7, 11) is -3.46. The Morgan fingerprint density at radius 3 is 2.75 bits per heavy atom. The molecule has 1 aliphatic heterocycles. The summed E-state index contributed by atoms with van der Waals surface area (Å²) >= 11 is 0. The molecule has 1 atom stereocenters. The zero-order valence-electron chi connectivity index (χ0n) is 11.7. The fraction of sp³-hybridized carbons (Fsp3) is 0.571. The van der Waals surface area contributed by atoms with Gasteiger partial charge in [-0.3, -0.25) is 0 Å². The lowest BCUT2D eigenvalue weighted by Gasteiger charge is -2.28. The average Bonchev–Trinajstić information content (AvgIpc) is 2.46. The molecule has 0 aromatic heterocycles. The molecule has 20 heavy (non-hydrogen) atoms. The molecule has 0 aliphatic carbocycles. The van der Waals surface area contributed by atoms with Crippen molar-refractivity contribution >= 4 is 10.2 Å². The van der Waals surface area contributed by atoms with Gasteiger partial charge >= 0.3 is 0 Å².